The molecule has 82 valence electrons. The Hall–Kier alpha value is -0.513. The second kappa shape index (κ2) is 4.34. The molecule has 0 radical (unpaired) electrons. The van der Waals surface area contributed by atoms with Gasteiger partial charge in [-0.1, -0.05) is 19.6 Å². The van der Waals surface area contributed by atoms with Crippen molar-refractivity contribution in [2.45, 2.75) is 57.0 Å². The number of hydrogen-bond donors (Lipinski definition) is 1. The molecule has 1 rings (SSSR count). The highest BCUT2D eigenvalue weighted by molar-refractivity contribution is 6.77. The molecule has 0 unspecified atom stereocenters. The van der Waals surface area contributed by atoms with Gasteiger partial charge in [0.05, 0.1) is 0 Å². The molecule has 0 spiro atoms. The second-order valence-electron chi connectivity index (χ2n) is 5.28. The van der Waals surface area contributed by atoms with Crippen molar-refractivity contribution in [2.24, 2.45) is 5.73 Å². The molecular weight excluding hydrogens is 194 g/mol. The monoisotopic (exact) mass is 215 g/mol. The Bertz CT molecular complexity index is 205. The summed E-state index contributed by atoms with van der Waals surface area (Å²) in [5.74, 6) is 0. The smallest absolute Gasteiger partial charge is 0.404 e. The fourth-order valence-corrected chi connectivity index (χ4v) is 4.28. The minimum Gasteiger partial charge on any atom is -0.446 e. The van der Waals surface area contributed by atoms with E-state index in [1.54, 1.807) is 0 Å². The molecular formula is C10H21NO2Si. The number of amides is 1. The summed E-state index contributed by atoms with van der Waals surface area (Å²) in [6, 6.07) is 0. The Kier molecular flexibility index (Phi) is 3.58. The van der Waals surface area contributed by atoms with Gasteiger partial charge in [0.1, 0.15) is 6.10 Å². The molecule has 1 fully saturated rings. The molecule has 1 amide bonds. The number of primary amides is 1. The zero-order valence-corrected chi connectivity index (χ0v) is 10.4. The van der Waals surface area contributed by atoms with E-state index in [0.717, 1.165) is 18.4 Å². The molecule has 0 saturated heterocycles. The highest BCUT2D eigenvalue weighted by atomic mass is 28.3. The van der Waals surface area contributed by atoms with Crippen LogP contribution in [0, 0.1) is 0 Å². The van der Waals surface area contributed by atoms with Crippen molar-refractivity contribution in [3.05, 3.63) is 0 Å². The minimum absolute atomic E-state index is 0.0834. The highest BCUT2D eigenvalue weighted by Crippen LogP contribution is 2.37. The lowest BCUT2D eigenvalue weighted by Gasteiger charge is -2.35. The van der Waals surface area contributed by atoms with Gasteiger partial charge in [-0.15, -0.1) is 0 Å². The number of carbonyl (C=O) groups excluding carboxylic acids is 1. The molecule has 1 saturated carbocycles. The van der Waals surface area contributed by atoms with E-state index in [1.165, 1.54) is 12.8 Å². The molecule has 0 aromatic rings. The van der Waals surface area contributed by atoms with Crippen LogP contribution in [0.4, 0.5) is 4.79 Å². The largest absolute Gasteiger partial charge is 0.446 e. The van der Waals surface area contributed by atoms with Gasteiger partial charge in [0.25, 0.3) is 0 Å². The Morgan fingerprint density at radius 1 is 1.21 bits per heavy atom. The first-order valence-electron chi connectivity index (χ1n) is 5.35. The number of rotatable bonds is 2. The summed E-state index contributed by atoms with van der Waals surface area (Å²) >= 11 is 0. The van der Waals surface area contributed by atoms with Crippen molar-refractivity contribution >= 4 is 14.2 Å². The third-order valence-corrected chi connectivity index (χ3v) is 6.21. The molecule has 1 aliphatic carbocycles. The van der Waals surface area contributed by atoms with Crippen molar-refractivity contribution in [1.29, 1.82) is 0 Å². The zero-order valence-electron chi connectivity index (χ0n) is 9.38. The van der Waals surface area contributed by atoms with E-state index in [4.69, 9.17) is 10.5 Å². The van der Waals surface area contributed by atoms with Crippen molar-refractivity contribution in [3.63, 3.8) is 0 Å². The minimum atomic E-state index is -0.998. The Balaban J connectivity index is 2.35. The van der Waals surface area contributed by atoms with Crippen molar-refractivity contribution < 1.29 is 9.53 Å². The summed E-state index contributed by atoms with van der Waals surface area (Å²) in [6.45, 7) is 7.23. The SMILES string of the molecule is C[Si](C)(C)[C@H]1CC[C@@H](OC(N)=O)CC1. The van der Waals surface area contributed by atoms with Crippen molar-refractivity contribution in [3.8, 4) is 0 Å². The predicted molar refractivity (Wildman–Crippen MR) is 60.0 cm³/mol. The quantitative estimate of drug-likeness (QED) is 0.720. The summed E-state index contributed by atoms with van der Waals surface area (Å²) < 4.78 is 5.01. The van der Waals surface area contributed by atoms with Gasteiger partial charge in [-0.25, -0.2) is 4.79 Å². The van der Waals surface area contributed by atoms with Gasteiger partial charge in [0.2, 0.25) is 0 Å². The van der Waals surface area contributed by atoms with Crippen LogP contribution < -0.4 is 5.73 Å². The fraction of sp³-hybridized carbons (Fsp3) is 0.900. The van der Waals surface area contributed by atoms with E-state index < -0.39 is 14.2 Å². The first kappa shape index (κ1) is 11.6. The van der Waals surface area contributed by atoms with Gasteiger partial charge in [-0.2, -0.15) is 0 Å². The van der Waals surface area contributed by atoms with Crippen molar-refractivity contribution in [2.75, 3.05) is 0 Å². The van der Waals surface area contributed by atoms with Crippen LogP contribution in [-0.2, 0) is 4.74 Å². The Morgan fingerprint density at radius 3 is 2.07 bits per heavy atom. The maximum atomic E-state index is 10.6. The molecule has 0 aromatic heterocycles. The lowest BCUT2D eigenvalue weighted by Crippen LogP contribution is -2.34. The van der Waals surface area contributed by atoms with Gasteiger partial charge >= 0.3 is 6.09 Å². The molecule has 1 aliphatic rings. The lowest BCUT2D eigenvalue weighted by atomic mass is 9.97. The highest BCUT2D eigenvalue weighted by Gasteiger charge is 2.31. The normalized spacial score (nSPS) is 28.5. The van der Waals surface area contributed by atoms with E-state index in [0.29, 0.717) is 0 Å². The maximum Gasteiger partial charge on any atom is 0.404 e. The van der Waals surface area contributed by atoms with E-state index in [2.05, 4.69) is 19.6 Å². The summed E-state index contributed by atoms with van der Waals surface area (Å²) in [5.41, 5.74) is 5.88. The second-order valence-corrected chi connectivity index (χ2v) is 10.8. The van der Waals surface area contributed by atoms with Crippen LogP contribution >= 0.6 is 0 Å². The molecule has 0 aromatic carbocycles. The van der Waals surface area contributed by atoms with E-state index in [9.17, 15) is 4.79 Å². The molecule has 4 heteroatoms. The van der Waals surface area contributed by atoms with Gasteiger partial charge in [0.15, 0.2) is 0 Å². The summed E-state index contributed by atoms with van der Waals surface area (Å²) in [6.07, 6.45) is 3.86. The summed E-state index contributed by atoms with van der Waals surface area (Å²) in [5, 5.41) is 0. The van der Waals surface area contributed by atoms with Crippen LogP contribution in [0.1, 0.15) is 25.7 Å². The Labute approximate surface area is 87.0 Å². The molecule has 0 atom stereocenters. The first-order valence-corrected chi connectivity index (χ1v) is 8.93. The molecule has 14 heavy (non-hydrogen) atoms. The first-order chi connectivity index (χ1) is 6.39. The lowest BCUT2D eigenvalue weighted by molar-refractivity contribution is 0.0825. The standard InChI is InChI=1S/C10H21NO2Si/c1-14(2,3)9-6-4-8(5-7-9)13-10(11)12/h8-9H,4-7H2,1-3H3,(H2,11,12)/t8-,9+. The summed E-state index contributed by atoms with van der Waals surface area (Å²) in [4.78, 5) is 10.6. The van der Waals surface area contributed by atoms with E-state index >= 15 is 0 Å². The third kappa shape index (κ3) is 3.33. The number of nitrogens with two attached hydrogens (primary N) is 1. The van der Waals surface area contributed by atoms with E-state index in [-0.39, 0.29) is 6.10 Å². The van der Waals surface area contributed by atoms with Crippen LogP contribution in [0.2, 0.25) is 25.2 Å². The van der Waals surface area contributed by atoms with Gasteiger partial charge < -0.3 is 10.5 Å². The van der Waals surface area contributed by atoms with Crippen LogP contribution in [0.5, 0.6) is 0 Å². The predicted octanol–water partition coefficient (Wildman–Crippen LogP) is 2.73. The fourth-order valence-electron chi connectivity index (χ4n) is 2.21. The molecule has 3 nitrogen and oxygen atoms in total. The van der Waals surface area contributed by atoms with Gasteiger partial charge in [-0.3, -0.25) is 0 Å². The zero-order chi connectivity index (χ0) is 10.8. The van der Waals surface area contributed by atoms with Crippen LogP contribution in [0.25, 0.3) is 0 Å². The van der Waals surface area contributed by atoms with E-state index in [1.807, 2.05) is 0 Å². The Morgan fingerprint density at radius 2 is 1.71 bits per heavy atom. The average Bonchev–Trinajstić information content (AvgIpc) is 2.02. The topological polar surface area (TPSA) is 52.3 Å². The number of ether oxygens (including phenoxy) is 1. The third-order valence-electron chi connectivity index (χ3n) is 3.18. The van der Waals surface area contributed by atoms with Gasteiger partial charge in [-0.05, 0) is 31.2 Å². The molecule has 2 N–H and O–H groups in total. The van der Waals surface area contributed by atoms with Gasteiger partial charge in [0, 0.05) is 8.07 Å². The maximum absolute atomic E-state index is 10.6. The van der Waals surface area contributed by atoms with Crippen LogP contribution in [0.15, 0.2) is 0 Å². The summed E-state index contributed by atoms with van der Waals surface area (Å²) in [7, 11) is -0.998. The van der Waals surface area contributed by atoms with Crippen LogP contribution in [-0.4, -0.2) is 20.3 Å². The molecule has 0 aliphatic heterocycles. The number of carbonyl (C=O) groups is 1. The number of hydrogen-bond acceptors (Lipinski definition) is 2. The van der Waals surface area contributed by atoms with Crippen LogP contribution in [0.3, 0.4) is 0 Å². The van der Waals surface area contributed by atoms with Crippen molar-refractivity contribution in [1.82, 2.24) is 0 Å². The molecule has 0 heterocycles. The molecule has 0 bridgehead atoms. The average molecular weight is 215 g/mol.